The fraction of sp³-hybridized carbons (Fsp3) is 0.750. The molecule has 4 heteroatoms. The molecule has 0 radical (unpaired) electrons. The third-order valence-corrected chi connectivity index (χ3v) is 3.08. The van der Waals surface area contributed by atoms with Crippen LogP contribution < -0.4 is 10.1 Å². The number of rotatable bonds is 5. The fourth-order valence-corrected chi connectivity index (χ4v) is 2.08. The Balaban J connectivity index is 1.66. The van der Waals surface area contributed by atoms with Crippen LogP contribution in [0, 0.1) is 0 Å². The molecule has 1 fully saturated rings. The fourth-order valence-electron chi connectivity index (χ4n) is 2.08. The van der Waals surface area contributed by atoms with E-state index in [9.17, 15) is 0 Å². The van der Waals surface area contributed by atoms with E-state index >= 15 is 0 Å². The van der Waals surface area contributed by atoms with Crippen molar-refractivity contribution in [2.75, 3.05) is 13.2 Å². The van der Waals surface area contributed by atoms with E-state index in [2.05, 4.69) is 17.3 Å². The van der Waals surface area contributed by atoms with E-state index < -0.39 is 0 Å². The van der Waals surface area contributed by atoms with Gasteiger partial charge in [0.15, 0.2) is 5.75 Å². The molecular weight excluding hydrogens is 202 g/mol. The van der Waals surface area contributed by atoms with E-state index in [4.69, 9.17) is 4.74 Å². The zero-order valence-electron chi connectivity index (χ0n) is 9.98. The summed E-state index contributed by atoms with van der Waals surface area (Å²) in [5.74, 6) is 0.887. The molecule has 1 N–H and O–H groups in total. The largest absolute Gasteiger partial charge is 0.490 e. The van der Waals surface area contributed by atoms with Crippen LogP contribution >= 0.6 is 0 Å². The number of nitrogens with one attached hydrogen (secondary N) is 1. The summed E-state index contributed by atoms with van der Waals surface area (Å²) in [7, 11) is 0. The zero-order valence-corrected chi connectivity index (χ0v) is 9.98. The summed E-state index contributed by atoms with van der Waals surface area (Å²) in [6.45, 7) is 4.92. The van der Waals surface area contributed by atoms with Gasteiger partial charge in [-0.1, -0.05) is 6.42 Å². The van der Waals surface area contributed by atoms with Gasteiger partial charge in [-0.3, -0.25) is 4.68 Å². The van der Waals surface area contributed by atoms with Gasteiger partial charge in [-0.05, 0) is 32.7 Å². The van der Waals surface area contributed by atoms with Crippen LogP contribution in [0.5, 0.6) is 5.75 Å². The lowest BCUT2D eigenvalue weighted by Gasteiger charge is -2.23. The highest BCUT2D eigenvalue weighted by Gasteiger charge is 2.12. The Hall–Kier alpha value is -1.03. The van der Waals surface area contributed by atoms with Crippen molar-refractivity contribution in [3.05, 3.63) is 12.4 Å². The van der Waals surface area contributed by atoms with Gasteiger partial charge in [-0.2, -0.15) is 5.10 Å². The monoisotopic (exact) mass is 223 g/mol. The van der Waals surface area contributed by atoms with Crippen LogP contribution in [0.15, 0.2) is 12.4 Å². The van der Waals surface area contributed by atoms with Gasteiger partial charge in [0, 0.05) is 12.6 Å². The van der Waals surface area contributed by atoms with E-state index in [1.807, 2.05) is 10.9 Å². The minimum atomic E-state index is 0.648. The van der Waals surface area contributed by atoms with Crippen molar-refractivity contribution in [3.63, 3.8) is 0 Å². The topological polar surface area (TPSA) is 39.1 Å². The van der Waals surface area contributed by atoms with Crippen LogP contribution in [0.2, 0.25) is 0 Å². The first-order valence-electron chi connectivity index (χ1n) is 6.27. The molecule has 0 amide bonds. The summed E-state index contributed by atoms with van der Waals surface area (Å²) < 4.78 is 7.55. The average Bonchev–Trinajstić information content (AvgIpc) is 2.78. The van der Waals surface area contributed by atoms with Gasteiger partial charge in [-0.25, -0.2) is 0 Å². The molecule has 0 aromatic carbocycles. The predicted octanol–water partition coefficient (Wildman–Crippen LogP) is 1.81. The Morgan fingerprint density at radius 3 is 3.19 bits per heavy atom. The van der Waals surface area contributed by atoms with Gasteiger partial charge in [0.1, 0.15) is 0 Å². The molecule has 4 nitrogen and oxygen atoms in total. The highest BCUT2D eigenvalue weighted by Crippen LogP contribution is 2.12. The Bertz CT molecular complexity index is 305. The SMILES string of the molecule is CCn1cc(OCCC2CCCCN2)cn1. The van der Waals surface area contributed by atoms with E-state index in [1.54, 1.807) is 6.20 Å². The minimum absolute atomic E-state index is 0.648. The second-order valence-corrected chi connectivity index (χ2v) is 4.32. The summed E-state index contributed by atoms with van der Waals surface area (Å²) in [4.78, 5) is 0. The molecule has 0 spiro atoms. The summed E-state index contributed by atoms with van der Waals surface area (Å²) >= 11 is 0. The first-order chi connectivity index (χ1) is 7.88. The summed E-state index contributed by atoms with van der Waals surface area (Å²) in [5, 5.41) is 7.70. The standard InChI is InChI=1S/C12H21N3O/c1-2-15-10-12(9-14-15)16-8-6-11-5-3-4-7-13-11/h9-11,13H,2-8H2,1H3. The molecule has 1 unspecified atom stereocenters. The van der Waals surface area contributed by atoms with E-state index in [0.29, 0.717) is 6.04 Å². The molecule has 0 saturated carbocycles. The quantitative estimate of drug-likeness (QED) is 0.827. The third-order valence-electron chi connectivity index (χ3n) is 3.08. The van der Waals surface area contributed by atoms with E-state index in [1.165, 1.54) is 25.8 Å². The number of hydrogen-bond donors (Lipinski definition) is 1. The first-order valence-corrected chi connectivity index (χ1v) is 6.27. The number of aromatic nitrogens is 2. The first kappa shape index (κ1) is 11.5. The lowest BCUT2D eigenvalue weighted by molar-refractivity contribution is 0.268. The van der Waals surface area contributed by atoms with Crippen LogP contribution in [0.4, 0.5) is 0 Å². The van der Waals surface area contributed by atoms with Crippen molar-refractivity contribution in [1.82, 2.24) is 15.1 Å². The lowest BCUT2D eigenvalue weighted by Crippen LogP contribution is -2.35. The van der Waals surface area contributed by atoms with Crippen LogP contribution in [0.1, 0.15) is 32.6 Å². The Labute approximate surface area is 97.0 Å². The molecule has 0 bridgehead atoms. The highest BCUT2D eigenvalue weighted by molar-refractivity contribution is 5.11. The van der Waals surface area contributed by atoms with Crippen molar-refractivity contribution in [3.8, 4) is 5.75 Å². The highest BCUT2D eigenvalue weighted by atomic mass is 16.5. The molecule has 1 aromatic heterocycles. The van der Waals surface area contributed by atoms with Crippen LogP contribution in [0.3, 0.4) is 0 Å². The number of hydrogen-bond acceptors (Lipinski definition) is 3. The lowest BCUT2D eigenvalue weighted by atomic mass is 10.0. The molecule has 16 heavy (non-hydrogen) atoms. The molecule has 1 atom stereocenters. The van der Waals surface area contributed by atoms with Gasteiger partial charge < -0.3 is 10.1 Å². The second-order valence-electron chi connectivity index (χ2n) is 4.32. The maximum atomic E-state index is 5.67. The zero-order chi connectivity index (χ0) is 11.2. The van der Waals surface area contributed by atoms with Crippen LogP contribution in [0.25, 0.3) is 0 Å². The van der Waals surface area contributed by atoms with E-state index in [0.717, 1.165) is 25.3 Å². The molecule has 1 aliphatic rings. The summed E-state index contributed by atoms with van der Waals surface area (Å²) in [6.07, 6.45) is 8.80. The van der Waals surface area contributed by atoms with Crippen molar-refractivity contribution >= 4 is 0 Å². The van der Waals surface area contributed by atoms with Gasteiger partial charge in [0.2, 0.25) is 0 Å². The second kappa shape index (κ2) is 5.89. The van der Waals surface area contributed by atoms with Crippen molar-refractivity contribution in [2.24, 2.45) is 0 Å². The van der Waals surface area contributed by atoms with Gasteiger partial charge in [0.05, 0.1) is 19.0 Å². The van der Waals surface area contributed by atoms with Crippen LogP contribution in [-0.4, -0.2) is 29.0 Å². The predicted molar refractivity (Wildman–Crippen MR) is 63.7 cm³/mol. The Morgan fingerprint density at radius 2 is 2.50 bits per heavy atom. The molecule has 2 heterocycles. The van der Waals surface area contributed by atoms with Crippen molar-refractivity contribution < 1.29 is 4.74 Å². The normalized spacial score (nSPS) is 20.9. The minimum Gasteiger partial charge on any atom is -0.490 e. The summed E-state index contributed by atoms with van der Waals surface area (Å²) in [5.41, 5.74) is 0. The van der Waals surface area contributed by atoms with Crippen molar-refractivity contribution in [1.29, 1.82) is 0 Å². The van der Waals surface area contributed by atoms with Gasteiger partial charge in [0.25, 0.3) is 0 Å². The van der Waals surface area contributed by atoms with E-state index in [-0.39, 0.29) is 0 Å². The maximum absolute atomic E-state index is 5.67. The Morgan fingerprint density at radius 1 is 1.56 bits per heavy atom. The maximum Gasteiger partial charge on any atom is 0.157 e. The number of aryl methyl sites for hydroxylation is 1. The van der Waals surface area contributed by atoms with Gasteiger partial charge in [-0.15, -0.1) is 0 Å². The molecule has 1 saturated heterocycles. The molecular formula is C12H21N3O. The molecule has 2 rings (SSSR count). The number of ether oxygens (including phenoxy) is 1. The number of piperidine rings is 1. The van der Waals surface area contributed by atoms with Crippen molar-refractivity contribution in [2.45, 2.75) is 45.2 Å². The number of nitrogens with zero attached hydrogens (tertiary/aromatic N) is 2. The third kappa shape index (κ3) is 3.23. The summed E-state index contributed by atoms with van der Waals surface area (Å²) in [6, 6.07) is 0.648. The van der Waals surface area contributed by atoms with Crippen LogP contribution in [-0.2, 0) is 6.54 Å². The molecule has 90 valence electrons. The molecule has 1 aliphatic heterocycles. The smallest absolute Gasteiger partial charge is 0.157 e. The molecule has 1 aromatic rings. The average molecular weight is 223 g/mol. The van der Waals surface area contributed by atoms with Gasteiger partial charge >= 0.3 is 0 Å². The Kier molecular flexibility index (Phi) is 4.22. The molecule has 0 aliphatic carbocycles.